The zero-order valence-corrected chi connectivity index (χ0v) is 16.4. The van der Waals surface area contributed by atoms with Crippen LogP contribution >= 0.6 is 0 Å². The van der Waals surface area contributed by atoms with Gasteiger partial charge >= 0.3 is 0 Å². The molecule has 3 aromatic rings. The van der Waals surface area contributed by atoms with E-state index in [1.807, 2.05) is 4.90 Å². The van der Waals surface area contributed by atoms with Crippen LogP contribution in [0.1, 0.15) is 13.3 Å². The Balaban J connectivity index is 1.79. The average molecular weight is 409 g/mol. The Bertz CT molecular complexity index is 1100. The molecule has 0 saturated carbocycles. The molecule has 1 amide bonds. The molecule has 0 bridgehead atoms. The molecule has 0 aliphatic carbocycles. The van der Waals surface area contributed by atoms with Gasteiger partial charge < -0.3 is 15.3 Å². The zero-order valence-electron chi connectivity index (χ0n) is 16.4. The molecule has 4 rings (SSSR count). The first-order valence-electron chi connectivity index (χ1n) is 9.68. The van der Waals surface area contributed by atoms with Crippen LogP contribution in [0.5, 0.6) is 5.75 Å². The van der Waals surface area contributed by atoms with Gasteiger partial charge in [0.25, 0.3) is 0 Å². The van der Waals surface area contributed by atoms with E-state index in [0.717, 1.165) is 24.6 Å². The Morgan fingerprint density at radius 2 is 1.97 bits per heavy atom. The standard InChI is InChI=1S/C23H21F2N3O2/c1-14(29)26-18-7-8-28(13-18)23-11-16(20-12-17(24)5-6-21(20)25)10-22(27-23)15-3-2-4-19(30)9-15/h2-6,9-12,18,30H,7-8,13H2,1H3,(H,26,29). The Labute approximate surface area is 173 Å². The maximum absolute atomic E-state index is 14.5. The summed E-state index contributed by atoms with van der Waals surface area (Å²) in [5.41, 5.74) is 1.81. The minimum Gasteiger partial charge on any atom is -0.508 e. The van der Waals surface area contributed by atoms with Gasteiger partial charge in [0, 0.05) is 37.2 Å². The van der Waals surface area contributed by atoms with E-state index in [1.165, 1.54) is 6.92 Å². The van der Waals surface area contributed by atoms with E-state index in [-0.39, 0.29) is 23.3 Å². The fraction of sp³-hybridized carbons (Fsp3) is 0.217. The van der Waals surface area contributed by atoms with Gasteiger partial charge in [-0.05, 0) is 54.4 Å². The normalized spacial score (nSPS) is 16.0. The van der Waals surface area contributed by atoms with Gasteiger partial charge in [0.2, 0.25) is 5.91 Å². The number of aromatic nitrogens is 1. The van der Waals surface area contributed by atoms with E-state index in [9.17, 15) is 18.7 Å². The maximum atomic E-state index is 14.5. The number of rotatable bonds is 4. The topological polar surface area (TPSA) is 65.5 Å². The molecule has 0 spiro atoms. The van der Waals surface area contributed by atoms with Crippen molar-refractivity contribution in [3.8, 4) is 28.1 Å². The summed E-state index contributed by atoms with van der Waals surface area (Å²) < 4.78 is 28.3. The molecule has 1 aliphatic heterocycles. The zero-order chi connectivity index (χ0) is 21.3. The molecule has 30 heavy (non-hydrogen) atoms. The summed E-state index contributed by atoms with van der Waals surface area (Å²) in [5, 5.41) is 12.8. The van der Waals surface area contributed by atoms with E-state index in [1.54, 1.807) is 36.4 Å². The van der Waals surface area contributed by atoms with Crippen LogP contribution in [-0.4, -0.2) is 35.1 Å². The number of phenols is 1. The number of benzene rings is 2. The third-order valence-corrected chi connectivity index (χ3v) is 5.11. The summed E-state index contributed by atoms with van der Waals surface area (Å²) in [4.78, 5) is 18.1. The van der Waals surface area contributed by atoms with Crippen molar-refractivity contribution in [3.63, 3.8) is 0 Å². The Hall–Kier alpha value is -3.48. The van der Waals surface area contributed by atoms with Crippen LogP contribution in [0.4, 0.5) is 14.6 Å². The van der Waals surface area contributed by atoms with E-state index >= 15 is 0 Å². The number of hydrogen-bond donors (Lipinski definition) is 2. The number of carbonyl (C=O) groups is 1. The highest BCUT2D eigenvalue weighted by Gasteiger charge is 2.25. The molecule has 1 aromatic heterocycles. The molecular formula is C23H21F2N3O2. The van der Waals surface area contributed by atoms with Gasteiger partial charge in [0.05, 0.1) is 5.69 Å². The Morgan fingerprint density at radius 3 is 2.73 bits per heavy atom. The number of anilines is 1. The lowest BCUT2D eigenvalue weighted by atomic mass is 10.0. The molecule has 2 heterocycles. The van der Waals surface area contributed by atoms with Crippen LogP contribution < -0.4 is 10.2 Å². The third kappa shape index (κ3) is 4.25. The number of nitrogens with one attached hydrogen (secondary N) is 1. The lowest BCUT2D eigenvalue weighted by molar-refractivity contribution is -0.119. The molecule has 2 N–H and O–H groups in total. The molecule has 5 nitrogen and oxygen atoms in total. The van der Waals surface area contributed by atoms with Crippen LogP contribution in [0.2, 0.25) is 0 Å². The lowest BCUT2D eigenvalue weighted by Gasteiger charge is -2.20. The fourth-order valence-electron chi connectivity index (χ4n) is 3.74. The molecule has 0 radical (unpaired) electrons. The van der Waals surface area contributed by atoms with E-state index in [0.29, 0.717) is 35.7 Å². The second-order valence-electron chi connectivity index (χ2n) is 7.41. The van der Waals surface area contributed by atoms with Gasteiger partial charge in [-0.3, -0.25) is 4.79 Å². The predicted molar refractivity (Wildman–Crippen MR) is 111 cm³/mol. The summed E-state index contributed by atoms with van der Waals surface area (Å²) in [6, 6.07) is 13.4. The van der Waals surface area contributed by atoms with Crippen molar-refractivity contribution < 1.29 is 18.7 Å². The first kappa shape index (κ1) is 19.8. The summed E-state index contributed by atoms with van der Waals surface area (Å²) >= 11 is 0. The number of amides is 1. The fourth-order valence-corrected chi connectivity index (χ4v) is 3.74. The molecule has 1 fully saturated rings. The highest BCUT2D eigenvalue weighted by Crippen LogP contribution is 2.33. The number of carbonyl (C=O) groups excluding carboxylic acids is 1. The van der Waals surface area contributed by atoms with Crippen molar-refractivity contribution in [1.82, 2.24) is 10.3 Å². The summed E-state index contributed by atoms with van der Waals surface area (Å²) in [5.74, 6) is -0.471. The Kier molecular flexibility index (Phi) is 5.35. The van der Waals surface area contributed by atoms with Gasteiger partial charge in [-0.2, -0.15) is 0 Å². The SMILES string of the molecule is CC(=O)NC1CCN(c2cc(-c3cc(F)ccc3F)cc(-c3cccc(O)c3)n2)C1. The molecule has 7 heteroatoms. The summed E-state index contributed by atoms with van der Waals surface area (Å²) in [7, 11) is 0. The van der Waals surface area contributed by atoms with Crippen molar-refractivity contribution in [1.29, 1.82) is 0 Å². The van der Waals surface area contributed by atoms with E-state index in [4.69, 9.17) is 4.98 Å². The van der Waals surface area contributed by atoms with Gasteiger partial charge in [0.1, 0.15) is 23.2 Å². The molecular weight excluding hydrogens is 388 g/mol. The Morgan fingerprint density at radius 1 is 1.13 bits per heavy atom. The number of aromatic hydroxyl groups is 1. The van der Waals surface area contributed by atoms with Crippen LogP contribution in [0.15, 0.2) is 54.6 Å². The van der Waals surface area contributed by atoms with E-state index in [2.05, 4.69) is 5.32 Å². The number of hydrogen-bond acceptors (Lipinski definition) is 4. The second-order valence-corrected chi connectivity index (χ2v) is 7.41. The van der Waals surface area contributed by atoms with Crippen molar-refractivity contribution in [2.75, 3.05) is 18.0 Å². The monoisotopic (exact) mass is 409 g/mol. The van der Waals surface area contributed by atoms with Crippen LogP contribution in [0, 0.1) is 11.6 Å². The van der Waals surface area contributed by atoms with Gasteiger partial charge in [0.15, 0.2) is 0 Å². The first-order valence-corrected chi connectivity index (χ1v) is 9.68. The van der Waals surface area contributed by atoms with Crippen LogP contribution in [-0.2, 0) is 4.79 Å². The van der Waals surface area contributed by atoms with Crippen LogP contribution in [0.3, 0.4) is 0 Å². The third-order valence-electron chi connectivity index (χ3n) is 5.11. The van der Waals surface area contributed by atoms with Crippen molar-refractivity contribution >= 4 is 11.7 Å². The quantitative estimate of drug-likeness (QED) is 0.681. The number of nitrogens with zero attached hydrogens (tertiary/aromatic N) is 2. The highest BCUT2D eigenvalue weighted by atomic mass is 19.1. The van der Waals surface area contributed by atoms with Crippen molar-refractivity contribution in [3.05, 3.63) is 66.2 Å². The smallest absolute Gasteiger partial charge is 0.217 e. The molecule has 1 aliphatic rings. The van der Waals surface area contributed by atoms with Gasteiger partial charge in [-0.1, -0.05) is 12.1 Å². The number of pyridine rings is 1. The highest BCUT2D eigenvalue weighted by molar-refractivity contribution is 5.75. The largest absolute Gasteiger partial charge is 0.508 e. The maximum Gasteiger partial charge on any atom is 0.217 e. The minimum atomic E-state index is -0.534. The van der Waals surface area contributed by atoms with Gasteiger partial charge in [-0.15, -0.1) is 0 Å². The molecule has 1 saturated heterocycles. The molecule has 154 valence electrons. The van der Waals surface area contributed by atoms with Crippen LogP contribution in [0.25, 0.3) is 22.4 Å². The first-order chi connectivity index (χ1) is 14.4. The predicted octanol–water partition coefficient (Wildman–Crippen LogP) is 4.11. The molecule has 2 aromatic carbocycles. The van der Waals surface area contributed by atoms with Crippen molar-refractivity contribution in [2.24, 2.45) is 0 Å². The minimum absolute atomic E-state index is 0.00285. The number of phenolic OH excluding ortho intramolecular Hbond substituents is 1. The number of halogens is 2. The summed E-state index contributed by atoms with van der Waals surface area (Å²) in [6.45, 7) is 2.72. The molecule has 1 unspecified atom stereocenters. The molecule has 1 atom stereocenters. The second kappa shape index (κ2) is 8.10. The van der Waals surface area contributed by atoms with Crippen molar-refractivity contribution in [2.45, 2.75) is 19.4 Å². The average Bonchev–Trinajstić information content (AvgIpc) is 3.17. The summed E-state index contributed by atoms with van der Waals surface area (Å²) in [6.07, 6.45) is 0.765. The lowest BCUT2D eigenvalue weighted by Crippen LogP contribution is -2.35. The van der Waals surface area contributed by atoms with Gasteiger partial charge in [-0.25, -0.2) is 13.8 Å². The van der Waals surface area contributed by atoms with E-state index < -0.39 is 11.6 Å².